The van der Waals surface area contributed by atoms with E-state index in [4.69, 9.17) is 27.4 Å². The molecule has 0 atom stereocenters. The predicted octanol–water partition coefficient (Wildman–Crippen LogP) is -0.112. The number of aromatic nitrogens is 2. The van der Waals surface area contributed by atoms with Gasteiger partial charge in [-0.1, -0.05) is 12.2 Å². The van der Waals surface area contributed by atoms with Gasteiger partial charge in [0.15, 0.2) is 0 Å². The van der Waals surface area contributed by atoms with Gasteiger partial charge in [0.1, 0.15) is 11.1 Å². The lowest BCUT2D eigenvalue weighted by molar-refractivity contribution is -0.0817. The Morgan fingerprint density at radius 3 is 3.00 bits per heavy atom. The third-order valence-corrected chi connectivity index (χ3v) is 2.06. The molecule has 1 saturated heterocycles. The fourth-order valence-electron chi connectivity index (χ4n) is 1.03. The van der Waals surface area contributed by atoms with Crippen molar-refractivity contribution in [2.75, 3.05) is 13.2 Å². The molecule has 14 heavy (non-hydrogen) atoms. The van der Waals surface area contributed by atoms with Crippen LogP contribution < -0.4 is 10.5 Å². The molecule has 2 rings (SSSR count). The largest absolute Gasteiger partial charge is 0.468 e. The van der Waals surface area contributed by atoms with Crippen molar-refractivity contribution >= 4 is 17.2 Å². The summed E-state index contributed by atoms with van der Waals surface area (Å²) in [6.07, 6.45) is 1.57. The van der Waals surface area contributed by atoms with Crippen molar-refractivity contribution in [3.05, 3.63) is 17.8 Å². The zero-order chi connectivity index (χ0) is 9.97. The van der Waals surface area contributed by atoms with Gasteiger partial charge in [0.05, 0.1) is 25.0 Å². The fraction of sp³-hybridized carbons (Fsp3) is 0.375. The highest BCUT2D eigenvalue weighted by Gasteiger charge is 2.22. The molecule has 0 radical (unpaired) electrons. The Balaban J connectivity index is 2.17. The lowest BCUT2D eigenvalue weighted by Crippen LogP contribution is -2.39. The molecule has 2 N–H and O–H groups in total. The van der Waals surface area contributed by atoms with Crippen LogP contribution in [0, 0.1) is 0 Å². The Kier molecular flexibility index (Phi) is 2.55. The van der Waals surface area contributed by atoms with Crippen LogP contribution in [0.5, 0.6) is 5.88 Å². The highest BCUT2D eigenvalue weighted by Crippen LogP contribution is 2.17. The second-order valence-electron chi connectivity index (χ2n) is 2.89. The second kappa shape index (κ2) is 3.85. The van der Waals surface area contributed by atoms with Gasteiger partial charge in [-0.05, 0) is 6.07 Å². The first kappa shape index (κ1) is 9.29. The van der Waals surface area contributed by atoms with Crippen LogP contribution in [-0.4, -0.2) is 34.5 Å². The van der Waals surface area contributed by atoms with Gasteiger partial charge in [-0.15, -0.1) is 5.10 Å². The van der Waals surface area contributed by atoms with Crippen LogP contribution in [0.2, 0.25) is 0 Å². The summed E-state index contributed by atoms with van der Waals surface area (Å²) < 4.78 is 10.4. The van der Waals surface area contributed by atoms with E-state index in [2.05, 4.69) is 10.2 Å². The molecule has 0 amide bonds. The van der Waals surface area contributed by atoms with Crippen molar-refractivity contribution in [3.63, 3.8) is 0 Å². The van der Waals surface area contributed by atoms with Crippen molar-refractivity contribution in [2.24, 2.45) is 5.73 Å². The monoisotopic (exact) mass is 211 g/mol. The van der Waals surface area contributed by atoms with E-state index in [0.29, 0.717) is 24.7 Å². The number of thiocarbonyl (C=S) groups is 1. The Morgan fingerprint density at radius 1 is 1.64 bits per heavy atom. The highest BCUT2D eigenvalue weighted by molar-refractivity contribution is 7.80. The van der Waals surface area contributed by atoms with E-state index >= 15 is 0 Å². The molecule has 0 aromatic carbocycles. The van der Waals surface area contributed by atoms with Crippen LogP contribution in [0.15, 0.2) is 12.3 Å². The number of hydrogen-bond donors (Lipinski definition) is 1. The summed E-state index contributed by atoms with van der Waals surface area (Å²) in [4.78, 5) is 0.259. The predicted molar refractivity (Wildman–Crippen MR) is 53.2 cm³/mol. The SMILES string of the molecule is NC(=S)c1ccnnc1OC1COC1. The third-order valence-electron chi connectivity index (χ3n) is 1.84. The van der Waals surface area contributed by atoms with Gasteiger partial charge in [0, 0.05) is 0 Å². The molecule has 5 nitrogen and oxygen atoms in total. The summed E-state index contributed by atoms with van der Waals surface area (Å²) in [6, 6.07) is 1.68. The first-order chi connectivity index (χ1) is 6.77. The highest BCUT2D eigenvalue weighted by atomic mass is 32.1. The van der Waals surface area contributed by atoms with Crippen LogP contribution in [0.25, 0.3) is 0 Å². The average molecular weight is 211 g/mol. The van der Waals surface area contributed by atoms with E-state index in [0.717, 1.165) is 0 Å². The first-order valence-electron chi connectivity index (χ1n) is 4.13. The second-order valence-corrected chi connectivity index (χ2v) is 3.33. The van der Waals surface area contributed by atoms with E-state index in [1.54, 1.807) is 6.07 Å². The Labute approximate surface area is 86.2 Å². The van der Waals surface area contributed by atoms with Crippen molar-refractivity contribution in [3.8, 4) is 5.88 Å². The van der Waals surface area contributed by atoms with Gasteiger partial charge >= 0.3 is 0 Å². The summed E-state index contributed by atoms with van der Waals surface area (Å²) in [6.45, 7) is 1.15. The molecule has 74 valence electrons. The standard InChI is InChI=1S/C8H9N3O2S/c9-7(14)6-1-2-10-11-8(6)13-5-3-12-4-5/h1-2,5H,3-4H2,(H2,9,14). The van der Waals surface area contributed by atoms with E-state index in [1.165, 1.54) is 6.20 Å². The number of ether oxygens (including phenoxy) is 2. The molecule has 2 heterocycles. The molecule has 0 bridgehead atoms. The van der Waals surface area contributed by atoms with E-state index in [9.17, 15) is 0 Å². The van der Waals surface area contributed by atoms with Gasteiger partial charge in [0.25, 0.3) is 0 Å². The molecule has 0 saturated carbocycles. The Morgan fingerprint density at radius 2 is 2.43 bits per heavy atom. The van der Waals surface area contributed by atoms with Crippen molar-refractivity contribution in [1.82, 2.24) is 10.2 Å². The quantitative estimate of drug-likeness (QED) is 0.703. The normalized spacial score (nSPS) is 16.0. The van der Waals surface area contributed by atoms with Gasteiger partial charge in [-0.3, -0.25) is 0 Å². The van der Waals surface area contributed by atoms with Gasteiger partial charge in [0.2, 0.25) is 5.88 Å². The van der Waals surface area contributed by atoms with Crippen molar-refractivity contribution in [2.45, 2.75) is 6.10 Å². The molecular formula is C8H9N3O2S. The molecule has 1 fully saturated rings. The maximum Gasteiger partial charge on any atom is 0.244 e. The smallest absolute Gasteiger partial charge is 0.244 e. The summed E-state index contributed by atoms with van der Waals surface area (Å²) in [5.74, 6) is 0.383. The van der Waals surface area contributed by atoms with Gasteiger partial charge < -0.3 is 15.2 Å². The van der Waals surface area contributed by atoms with Crippen LogP contribution >= 0.6 is 12.2 Å². The lowest BCUT2D eigenvalue weighted by Gasteiger charge is -2.26. The lowest BCUT2D eigenvalue weighted by atomic mass is 10.3. The Bertz CT molecular complexity index is 354. The summed E-state index contributed by atoms with van der Waals surface area (Å²) in [7, 11) is 0. The topological polar surface area (TPSA) is 70.3 Å². The van der Waals surface area contributed by atoms with Crippen LogP contribution in [0.1, 0.15) is 5.56 Å². The maximum atomic E-state index is 5.50. The summed E-state index contributed by atoms with van der Waals surface area (Å²) in [5.41, 5.74) is 6.12. The minimum atomic E-state index is 0.0415. The zero-order valence-electron chi connectivity index (χ0n) is 7.34. The fourth-order valence-corrected chi connectivity index (χ4v) is 1.19. The number of rotatable bonds is 3. The summed E-state index contributed by atoms with van der Waals surface area (Å²) in [5, 5.41) is 7.53. The number of nitrogens with zero attached hydrogens (tertiary/aromatic N) is 2. The minimum absolute atomic E-state index is 0.0415. The molecule has 1 aliphatic heterocycles. The summed E-state index contributed by atoms with van der Waals surface area (Å²) >= 11 is 4.86. The van der Waals surface area contributed by atoms with Crippen LogP contribution in [0.3, 0.4) is 0 Å². The van der Waals surface area contributed by atoms with Crippen LogP contribution in [-0.2, 0) is 4.74 Å². The molecule has 0 unspecified atom stereocenters. The first-order valence-corrected chi connectivity index (χ1v) is 4.54. The van der Waals surface area contributed by atoms with Crippen molar-refractivity contribution < 1.29 is 9.47 Å². The van der Waals surface area contributed by atoms with E-state index in [1.807, 2.05) is 0 Å². The zero-order valence-corrected chi connectivity index (χ0v) is 8.16. The van der Waals surface area contributed by atoms with Gasteiger partial charge in [-0.2, -0.15) is 5.10 Å². The molecule has 1 aromatic heterocycles. The molecule has 0 spiro atoms. The van der Waals surface area contributed by atoms with E-state index in [-0.39, 0.29) is 11.1 Å². The van der Waals surface area contributed by atoms with Crippen molar-refractivity contribution in [1.29, 1.82) is 0 Å². The molecule has 6 heteroatoms. The van der Waals surface area contributed by atoms with Crippen LogP contribution in [0.4, 0.5) is 0 Å². The number of hydrogen-bond acceptors (Lipinski definition) is 5. The minimum Gasteiger partial charge on any atom is -0.468 e. The Hall–Kier alpha value is -1.27. The van der Waals surface area contributed by atoms with E-state index < -0.39 is 0 Å². The maximum absolute atomic E-state index is 5.50. The molecule has 1 aromatic rings. The number of nitrogens with two attached hydrogens (primary N) is 1. The third kappa shape index (κ3) is 1.80. The molecule has 1 aliphatic rings. The average Bonchev–Trinajstić information content (AvgIpc) is 2.12. The molecular weight excluding hydrogens is 202 g/mol. The molecule has 0 aliphatic carbocycles. The van der Waals surface area contributed by atoms with Gasteiger partial charge in [-0.25, -0.2) is 0 Å².